The Kier molecular flexibility index (Phi) is 4.36. The molecular formula is C19H18N2O2S. The highest BCUT2D eigenvalue weighted by Crippen LogP contribution is 2.18. The SMILES string of the molecule is Cc1ccc(C)c(S(=O)(=O)N/N=C/c2cccc3ccccc23)c1. The van der Waals surface area contributed by atoms with E-state index < -0.39 is 10.0 Å². The second-order valence-corrected chi connectivity index (χ2v) is 7.32. The Morgan fingerprint density at radius 3 is 2.54 bits per heavy atom. The van der Waals surface area contributed by atoms with Crippen molar-refractivity contribution in [2.75, 3.05) is 0 Å². The van der Waals surface area contributed by atoms with Gasteiger partial charge < -0.3 is 0 Å². The van der Waals surface area contributed by atoms with E-state index in [0.29, 0.717) is 5.56 Å². The molecular weight excluding hydrogens is 320 g/mol. The number of hydrazone groups is 1. The predicted octanol–water partition coefficient (Wildman–Crippen LogP) is 3.77. The molecule has 0 saturated carbocycles. The summed E-state index contributed by atoms with van der Waals surface area (Å²) in [5.41, 5.74) is 2.43. The zero-order valence-corrected chi connectivity index (χ0v) is 14.3. The van der Waals surface area contributed by atoms with E-state index in [0.717, 1.165) is 21.9 Å². The van der Waals surface area contributed by atoms with Gasteiger partial charge in [0.1, 0.15) is 0 Å². The highest BCUT2D eigenvalue weighted by Gasteiger charge is 2.15. The molecule has 0 unspecified atom stereocenters. The zero-order chi connectivity index (χ0) is 17.2. The smallest absolute Gasteiger partial charge is 0.200 e. The lowest BCUT2D eigenvalue weighted by Gasteiger charge is -2.08. The van der Waals surface area contributed by atoms with Crippen molar-refractivity contribution in [2.45, 2.75) is 18.7 Å². The van der Waals surface area contributed by atoms with Crippen LogP contribution in [0.25, 0.3) is 10.8 Å². The number of nitrogens with zero attached hydrogens (tertiary/aromatic N) is 1. The van der Waals surface area contributed by atoms with Crippen LogP contribution >= 0.6 is 0 Å². The number of sulfonamides is 1. The zero-order valence-electron chi connectivity index (χ0n) is 13.5. The van der Waals surface area contributed by atoms with Gasteiger partial charge in [0.2, 0.25) is 0 Å². The van der Waals surface area contributed by atoms with Gasteiger partial charge in [-0.2, -0.15) is 13.5 Å². The molecule has 0 atom stereocenters. The van der Waals surface area contributed by atoms with Crippen molar-refractivity contribution in [3.8, 4) is 0 Å². The lowest BCUT2D eigenvalue weighted by Crippen LogP contribution is -2.19. The Balaban J connectivity index is 1.89. The molecule has 3 aromatic carbocycles. The molecule has 0 bridgehead atoms. The topological polar surface area (TPSA) is 58.5 Å². The van der Waals surface area contributed by atoms with E-state index in [1.807, 2.05) is 55.5 Å². The lowest BCUT2D eigenvalue weighted by atomic mass is 10.1. The van der Waals surface area contributed by atoms with Gasteiger partial charge in [-0.05, 0) is 41.8 Å². The summed E-state index contributed by atoms with van der Waals surface area (Å²) in [6.45, 7) is 3.63. The average Bonchev–Trinajstić information content (AvgIpc) is 2.57. The fourth-order valence-corrected chi connectivity index (χ4v) is 3.70. The third-order valence-electron chi connectivity index (χ3n) is 3.83. The molecule has 24 heavy (non-hydrogen) atoms. The molecule has 0 aliphatic rings. The van der Waals surface area contributed by atoms with Crippen LogP contribution < -0.4 is 4.83 Å². The maximum absolute atomic E-state index is 12.4. The summed E-state index contributed by atoms with van der Waals surface area (Å²) in [7, 11) is -3.68. The third-order valence-corrected chi connectivity index (χ3v) is 5.20. The second kappa shape index (κ2) is 6.45. The number of rotatable bonds is 4. The van der Waals surface area contributed by atoms with E-state index in [2.05, 4.69) is 9.93 Å². The second-order valence-electron chi connectivity index (χ2n) is 5.69. The first-order chi connectivity index (χ1) is 11.5. The summed E-state index contributed by atoms with van der Waals surface area (Å²) < 4.78 is 24.9. The summed E-state index contributed by atoms with van der Waals surface area (Å²) in [4.78, 5) is 2.55. The minimum absolute atomic E-state index is 0.248. The number of aryl methyl sites for hydroxylation is 2. The molecule has 0 heterocycles. The third kappa shape index (κ3) is 3.31. The van der Waals surface area contributed by atoms with Crippen LogP contribution in [0.4, 0.5) is 0 Å². The minimum atomic E-state index is -3.68. The molecule has 122 valence electrons. The van der Waals surface area contributed by atoms with Crippen LogP contribution in [0.3, 0.4) is 0 Å². The fraction of sp³-hybridized carbons (Fsp3) is 0.105. The Morgan fingerprint density at radius 1 is 0.958 bits per heavy atom. The van der Waals surface area contributed by atoms with Crippen LogP contribution in [-0.2, 0) is 10.0 Å². The van der Waals surface area contributed by atoms with Gasteiger partial charge in [0.25, 0.3) is 10.0 Å². The van der Waals surface area contributed by atoms with E-state index in [9.17, 15) is 8.42 Å². The maximum Gasteiger partial charge on any atom is 0.276 e. The standard InChI is InChI=1S/C19H18N2O2S/c1-14-10-11-15(2)19(12-14)24(22,23)21-20-13-17-8-5-7-16-6-3-4-9-18(16)17/h3-13,21H,1-2H3/b20-13+. The van der Waals surface area contributed by atoms with E-state index in [-0.39, 0.29) is 4.90 Å². The minimum Gasteiger partial charge on any atom is -0.200 e. The van der Waals surface area contributed by atoms with Gasteiger partial charge in [-0.1, -0.05) is 54.6 Å². The van der Waals surface area contributed by atoms with Crippen LogP contribution in [0.2, 0.25) is 0 Å². The van der Waals surface area contributed by atoms with Crippen molar-refractivity contribution in [1.82, 2.24) is 4.83 Å². The molecule has 0 aromatic heterocycles. The van der Waals surface area contributed by atoms with Crippen LogP contribution in [0.5, 0.6) is 0 Å². The number of hydrogen-bond donors (Lipinski definition) is 1. The molecule has 1 N–H and O–H groups in total. The molecule has 0 spiro atoms. The number of fused-ring (bicyclic) bond motifs is 1. The van der Waals surface area contributed by atoms with Crippen molar-refractivity contribution >= 4 is 27.0 Å². The Morgan fingerprint density at radius 2 is 1.71 bits per heavy atom. The van der Waals surface area contributed by atoms with Crippen molar-refractivity contribution in [2.24, 2.45) is 5.10 Å². The molecule has 5 heteroatoms. The summed E-state index contributed by atoms with van der Waals surface area (Å²) >= 11 is 0. The largest absolute Gasteiger partial charge is 0.276 e. The summed E-state index contributed by atoms with van der Waals surface area (Å²) in [6, 6.07) is 19.0. The van der Waals surface area contributed by atoms with E-state index >= 15 is 0 Å². The lowest BCUT2D eigenvalue weighted by molar-refractivity contribution is 0.584. The molecule has 4 nitrogen and oxygen atoms in total. The van der Waals surface area contributed by atoms with Crippen molar-refractivity contribution in [3.05, 3.63) is 77.4 Å². The van der Waals surface area contributed by atoms with Gasteiger partial charge in [-0.3, -0.25) is 0 Å². The fourth-order valence-electron chi connectivity index (χ4n) is 2.57. The number of hydrogen-bond acceptors (Lipinski definition) is 3. The van der Waals surface area contributed by atoms with Gasteiger partial charge in [0, 0.05) is 5.56 Å². The summed E-state index contributed by atoms with van der Waals surface area (Å²) in [5, 5.41) is 6.05. The van der Waals surface area contributed by atoms with Gasteiger partial charge in [-0.25, -0.2) is 4.83 Å². The summed E-state index contributed by atoms with van der Waals surface area (Å²) in [5.74, 6) is 0. The van der Waals surface area contributed by atoms with Crippen molar-refractivity contribution in [1.29, 1.82) is 0 Å². The van der Waals surface area contributed by atoms with Gasteiger partial charge in [-0.15, -0.1) is 0 Å². The number of nitrogens with one attached hydrogen (secondary N) is 1. The van der Waals surface area contributed by atoms with Gasteiger partial charge in [0.15, 0.2) is 0 Å². The van der Waals surface area contributed by atoms with E-state index in [1.54, 1.807) is 19.1 Å². The van der Waals surface area contributed by atoms with Crippen molar-refractivity contribution in [3.63, 3.8) is 0 Å². The molecule has 0 aliphatic carbocycles. The molecule has 3 rings (SSSR count). The first-order valence-corrected chi connectivity index (χ1v) is 9.05. The Labute approximate surface area is 141 Å². The quantitative estimate of drug-likeness (QED) is 0.581. The molecule has 0 saturated heterocycles. The Bertz CT molecular complexity index is 1020. The van der Waals surface area contributed by atoms with Crippen LogP contribution in [-0.4, -0.2) is 14.6 Å². The first-order valence-electron chi connectivity index (χ1n) is 7.57. The monoisotopic (exact) mass is 338 g/mol. The normalized spacial score (nSPS) is 11.9. The summed E-state index contributed by atoms with van der Waals surface area (Å²) in [6.07, 6.45) is 1.53. The predicted molar refractivity (Wildman–Crippen MR) is 97.8 cm³/mol. The van der Waals surface area contributed by atoms with Crippen LogP contribution in [0.15, 0.2) is 70.7 Å². The highest BCUT2D eigenvalue weighted by molar-refractivity contribution is 7.89. The molecule has 0 fully saturated rings. The molecule has 0 amide bonds. The van der Waals surface area contributed by atoms with Crippen LogP contribution in [0.1, 0.15) is 16.7 Å². The van der Waals surface area contributed by atoms with Crippen LogP contribution in [0, 0.1) is 13.8 Å². The van der Waals surface area contributed by atoms with Gasteiger partial charge >= 0.3 is 0 Å². The van der Waals surface area contributed by atoms with E-state index in [4.69, 9.17) is 0 Å². The van der Waals surface area contributed by atoms with Crippen molar-refractivity contribution < 1.29 is 8.42 Å². The molecule has 0 aliphatic heterocycles. The number of benzene rings is 3. The van der Waals surface area contributed by atoms with E-state index in [1.165, 1.54) is 6.21 Å². The maximum atomic E-state index is 12.4. The van der Waals surface area contributed by atoms with Gasteiger partial charge in [0.05, 0.1) is 11.1 Å². The molecule has 3 aromatic rings. The first kappa shape index (κ1) is 16.2. The Hall–Kier alpha value is -2.66. The average molecular weight is 338 g/mol. The highest BCUT2D eigenvalue weighted by atomic mass is 32.2. The molecule has 0 radical (unpaired) electrons.